The van der Waals surface area contributed by atoms with Gasteiger partial charge in [-0.3, -0.25) is 9.78 Å². The zero-order chi connectivity index (χ0) is 14.2. The van der Waals surface area contributed by atoms with Crippen LogP contribution in [0.3, 0.4) is 0 Å². The number of nitrogens with zero attached hydrogens (tertiary/aromatic N) is 1. The molecule has 1 aliphatic rings. The second-order valence-electron chi connectivity index (χ2n) is 4.53. The average molecular weight is 285 g/mol. The average Bonchev–Trinajstić information content (AvgIpc) is 2.75. The van der Waals surface area contributed by atoms with Gasteiger partial charge in [-0.15, -0.1) is 0 Å². The molecule has 0 fully saturated rings. The van der Waals surface area contributed by atoms with Gasteiger partial charge in [0.2, 0.25) is 0 Å². The molecule has 0 atom stereocenters. The number of hydrogen-bond acceptors (Lipinski definition) is 4. The van der Waals surface area contributed by atoms with Gasteiger partial charge in [-0.2, -0.15) is 0 Å². The van der Waals surface area contributed by atoms with E-state index < -0.39 is 9.84 Å². The smallest absolute Gasteiger partial charge is 0.200 e. The number of carbonyl (C=O) groups excluding carboxylic acids is 1. The maximum atomic E-state index is 12.0. The molecule has 0 amide bonds. The summed E-state index contributed by atoms with van der Waals surface area (Å²) >= 11 is 0. The van der Waals surface area contributed by atoms with Crippen LogP contribution in [0.5, 0.6) is 0 Å². The van der Waals surface area contributed by atoms with Crippen LogP contribution in [0.2, 0.25) is 0 Å². The minimum Gasteiger partial charge on any atom is -0.292 e. The summed E-state index contributed by atoms with van der Waals surface area (Å²) in [5, 5.41) is 1.18. The van der Waals surface area contributed by atoms with Gasteiger partial charge in [-0.25, -0.2) is 8.42 Å². The fourth-order valence-corrected chi connectivity index (χ4v) is 3.37. The van der Waals surface area contributed by atoms with Gasteiger partial charge < -0.3 is 0 Å². The van der Waals surface area contributed by atoms with Crippen molar-refractivity contribution in [1.29, 1.82) is 0 Å². The van der Waals surface area contributed by atoms with Crippen LogP contribution in [0.15, 0.2) is 52.9 Å². The molecule has 1 aromatic carbocycles. The van der Waals surface area contributed by atoms with Gasteiger partial charge in [0, 0.05) is 18.0 Å². The summed E-state index contributed by atoms with van der Waals surface area (Å²) in [5.41, 5.74) is 1.72. The van der Waals surface area contributed by atoms with Crippen LogP contribution < -0.4 is 0 Å². The molecule has 1 aromatic heterocycles. The van der Waals surface area contributed by atoms with Crippen LogP contribution >= 0.6 is 0 Å². The van der Waals surface area contributed by atoms with Crippen molar-refractivity contribution in [2.75, 3.05) is 0 Å². The number of carbonyl (C=O) groups is 1. The lowest BCUT2D eigenvalue weighted by atomic mass is 10.0. The van der Waals surface area contributed by atoms with Crippen LogP contribution in [-0.4, -0.2) is 19.2 Å². The first-order valence-electron chi connectivity index (χ1n) is 6.06. The van der Waals surface area contributed by atoms with Crippen molar-refractivity contribution >= 4 is 21.7 Å². The standard InChI is InChI=1S/C15H11NO3S/c17-14(13-3-1-2-7-16-13)9-11-4-5-12-6-8-20(18,19)15(12)10-11/h1-8,10H,9H2. The second kappa shape index (κ2) is 4.68. The maximum Gasteiger partial charge on any atom is 0.200 e. The molecule has 2 aromatic rings. The number of Topliss-reactive ketones (excluding diaryl/α,β-unsaturated/α-hetero) is 1. The zero-order valence-corrected chi connectivity index (χ0v) is 11.3. The van der Waals surface area contributed by atoms with Gasteiger partial charge in [-0.1, -0.05) is 18.2 Å². The summed E-state index contributed by atoms with van der Waals surface area (Å²) in [6.07, 6.45) is 3.26. The molecule has 3 rings (SSSR count). The molecule has 5 heteroatoms. The number of benzene rings is 1. The van der Waals surface area contributed by atoms with Crippen LogP contribution in [0.25, 0.3) is 6.08 Å². The maximum absolute atomic E-state index is 12.0. The van der Waals surface area contributed by atoms with Crippen LogP contribution in [-0.2, 0) is 16.3 Å². The van der Waals surface area contributed by atoms with Crippen molar-refractivity contribution in [1.82, 2.24) is 4.98 Å². The van der Waals surface area contributed by atoms with Crippen molar-refractivity contribution in [3.05, 3.63) is 64.8 Å². The van der Waals surface area contributed by atoms with Crippen molar-refractivity contribution in [2.24, 2.45) is 0 Å². The predicted molar refractivity (Wildman–Crippen MR) is 74.9 cm³/mol. The van der Waals surface area contributed by atoms with Gasteiger partial charge >= 0.3 is 0 Å². The van der Waals surface area contributed by atoms with Crippen LogP contribution in [0.4, 0.5) is 0 Å². The molecule has 20 heavy (non-hydrogen) atoms. The lowest BCUT2D eigenvalue weighted by Crippen LogP contribution is -2.06. The minimum absolute atomic E-state index is 0.131. The van der Waals surface area contributed by atoms with Crippen molar-refractivity contribution in [3.63, 3.8) is 0 Å². The summed E-state index contributed by atoms with van der Waals surface area (Å²) in [6, 6.07) is 10.2. The van der Waals surface area contributed by atoms with E-state index in [4.69, 9.17) is 0 Å². The second-order valence-corrected chi connectivity index (χ2v) is 6.34. The van der Waals surface area contributed by atoms with E-state index in [1.54, 1.807) is 48.7 Å². The summed E-state index contributed by atoms with van der Waals surface area (Å²) in [5.74, 6) is -0.131. The first-order valence-corrected chi connectivity index (χ1v) is 7.61. The molecule has 0 saturated heterocycles. The highest BCUT2D eigenvalue weighted by Crippen LogP contribution is 2.27. The molecule has 0 bridgehead atoms. The molecule has 0 saturated carbocycles. The Morgan fingerprint density at radius 2 is 2.00 bits per heavy atom. The van der Waals surface area contributed by atoms with E-state index in [1.165, 1.54) is 5.41 Å². The Morgan fingerprint density at radius 3 is 2.75 bits per heavy atom. The third-order valence-corrected chi connectivity index (χ3v) is 4.59. The number of fused-ring (bicyclic) bond motifs is 1. The van der Waals surface area contributed by atoms with Gasteiger partial charge in [0.15, 0.2) is 15.6 Å². The Morgan fingerprint density at radius 1 is 1.15 bits per heavy atom. The van der Waals surface area contributed by atoms with E-state index in [0.29, 0.717) is 16.8 Å². The number of pyridine rings is 1. The molecule has 4 nitrogen and oxygen atoms in total. The largest absolute Gasteiger partial charge is 0.292 e. The van der Waals surface area contributed by atoms with Gasteiger partial charge in [0.1, 0.15) is 5.69 Å². The lowest BCUT2D eigenvalue weighted by Gasteiger charge is -2.04. The van der Waals surface area contributed by atoms with E-state index in [0.717, 1.165) is 0 Å². The van der Waals surface area contributed by atoms with E-state index in [1.807, 2.05) is 0 Å². The molecule has 0 N–H and O–H groups in total. The number of rotatable bonds is 3. The third-order valence-electron chi connectivity index (χ3n) is 3.13. The van der Waals surface area contributed by atoms with Crippen molar-refractivity contribution in [2.45, 2.75) is 11.3 Å². The molecule has 0 unspecified atom stereocenters. The monoisotopic (exact) mass is 285 g/mol. The van der Waals surface area contributed by atoms with E-state index in [2.05, 4.69) is 4.98 Å². The Balaban J connectivity index is 1.89. The summed E-state index contributed by atoms with van der Waals surface area (Å²) < 4.78 is 23.6. The Hall–Kier alpha value is -2.27. The molecule has 100 valence electrons. The minimum atomic E-state index is -3.34. The summed E-state index contributed by atoms with van der Waals surface area (Å²) in [7, 11) is -3.34. The molecule has 1 aliphatic heterocycles. The molecule has 0 radical (unpaired) electrons. The fourth-order valence-electron chi connectivity index (χ4n) is 2.11. The Bertz CT molecular complexity index is 808. The predicted octanol–water partition coefficient (Wildman–Crippen LogP) is 2.27. The third kappa shape index (κ3) is 2.28. The first kappa shape index (κ1) is 12.7. The quantitative estimate of drug-likeness (QED) is 0.811. The van der Waals surface area contributed by atoms with Crippen molar-refractivity contribution in [3.8, 4) is 0 Å². The summed E-state index contributed by atoms with van der Waals surface area (Å²) in [6.45, 7) is 0. The normalized spacial score (nSPS) is 15.0. The molecular weight excluding hydrogens is 274 g/mol. The van der Waals surface area contributed by atoms with E-state index in [9.17, 15) is 13.2 Å². The number of aromatic nitrogens is 1. The Kier molecular flexibility index (Phi) is 2.99. The van der Waals surface area contributed by atoms with E-state index >= 15 is 0 Å². The SMILES string of the molecule is O=C(Cc1ccc2c(c1)S(=O)(=O)C=C2)c1ccccn1. The van der Waals surface area contributed by atoms with Crippen LogP contribution in [0, 0.1) is 0 Å². The highest BCUT2D eigenvalue weighted by molar-refractivity contribution is 7.94. The van der Waals surface area contributed by atoms with Crippen LogP contribution in [0.1, 0.15) is 21.6 Å². The fraction of sp³-hybridized carbons (Fsp3) is 0.0667. The topological polar surface area (TPSA) is 64.1 Å². The lowest BCUT2D eigenvalue weighted by molar-refractivity contribution is 0.0988. The van der Waals surface area contributed by atoms with Crippen molar-refractivity contribution < 1.29 is 13.2 Å². The molecule has 2 heterocycles. The zero-order valence-electron chi connectivity index (χ0n) is 10.5. The molecule has 0 spiro atoms. The molecular formula is C15H11NO3S. The first-order chi connectivity index (χ1) is 9.56. The number of hydrogen-bond donors (Lipinski definition) is 0. The Labute approximate surface area is 116 Å². The highest BCUT2D eigenvalue weighted by atomic mass is 32.2. The summed E-state index contributed by atoms with van der Waals surface area (Å²) in [4.78, 5) is 16.3. The number of ketones is 1. The molecule has 0 aliphatic carbocycles. The van der Waals surface area contributed by atoms with E-state index in [-0.39, 0.29) is 17.1 Å². The van der Waals surface area contributed by atoms with Gasteiger partial charge in [-0.05, 0) is 35.4 Å². The van der Waals surface area contributed by atoms with Gasteiger partial charge in [0.05, 0.1) is 4.90 Å². The number of sulfone groups is 1. The van der Waals surface area contributed by atoms with Gasteiger partial charge in [0.25, 0.3) is 0 Å². The highest BCUT2D eigenvalue weighted by Gasteiger charge is 2.21.